The molecule has 1 saturated carbocycles. The molecular weight excluding hydrogens is 344 g/mol. The molecule has 1 aliphatic heterocycles. The lowest BCUT2D eigenvalue weighted by Gasteiger charge is -2.17. The van der Waals surface area contributed by atoms with E-state index >= 15 is 0 Å². The highest BCUT2D eigenvalue weighted by Gasteiger charge is 2.32. The fourth-order valence-corrected chi connectivity index (χ4v) is 4.81. The Bertz CT molecular complexity index is 771. The molecule has 0 radical (unpaired) electrons. The van der Waals surface area contributed by atoms with E-state index in [-0.39, 0.29) is 29.0 Å². The lowest BCUT2D eigenvalue weighted by molar-refractivity contribution is -0.141. The Kier molecular flexibility index (Phi) is 5.10. The van der Waals surface area contributed by atoms with Gasteiger partial charge < -0.3 is 10.0 Å². The first-order valence-corrected chi connectivity index (χ1v) is 9.99. The molecule has 0 aromatic heterocycles. The van der Waals surface area contributed by atoms with Crippen molar-refractivity contribution in [3.63, 3.8) is 0 Å². The molecule has 7 nitrogen and oxygen atoms in total. The van der Waals surface area contributed by atoms with E-state index in [0.29, 0.717) is 13.0 Å². The first kappa shape index (κ1) is 17.9. The Morgan fingerprint density at radius 1 is 1.16 bits per heavy atom. The van der Waals surface area contributed by atoms with Crippen LogP contribution < -0.4 is 4.72 Å². The predicted octanol–water partition coefficient (Wildman–Crippen LogP) is 1.45. The van der Waals surface area contributed by atoms with Crippen molar-refractivity contribution in [2.24, 2.45) is 5.92 Å². The van der Waals surface area contributed by atoms with E-state index in [1.807, 2.05) is 0 Å². The van der Waals surface area contributed by atoms with Crippen molar-refractivity contribution in [3.05, 3.63) is 29.8 Å². The largest absolute Gasteiger partial charge is 0.481 e. The van der Waals surface area contributed by atoms with Crippen LogP contribution in [-0.2, 0) is 14.8 Å². The van der Waals surface area contributed by atoms with Crippen LogP contribution in [0.5, 0.6) is 0 Å². The summed E-state index contributed by atoms with van der Waals surface area (Å²) in [4.78, 5) is 25.1. The second kappa shape index (κ2) is 7.13. The zero-order chi connectivity index (χ0) is 18.0. The van der Waals surface area contributed by atoms with Gasteiger partial charge in [0.05, 0.1) is 10.8 Å². The molecule has 1 aromatic rings. The minimum absolute atomic E-state index is 0.0423. The van der Waals surface area contributed by atoms with Crippen LogP contribution in [0.4, 0.5) is 0 Å². The molecule has 25 heavy (non-hydrogen) atoms. The second-order valence-corrected chi connectivity index (χ2v) is 8.42. The highest BCUT2D eigenvalue weighted by molar-refractivity contribution is 7.89. The monoisotopic (exact) mass is 366 g/mol. The van der Waals surface area contributed by atoms with Gasteiger partial charge >= 0.3 is 5.97 Å². The van der Waals surface area contributed by atoms with Crippen molar-refractivity contribution in [1.29, 1.82) is 0 Å². The maximum Gasteiger partial charge on any atom is 0.308 e. The van der Waals surface area contributed by atoms with Gasteiger partial charge in [0.25, 0.3) is 5.91 Å². The number of aliphatic carboxylic acids is 1. The fraction of sp³-hybridized carbons (Fsp3) is 0.529. The predicted molar refractivity (Wildman–Crippen MR) is 90.7 cm³/mol. The molecule has 1 atom stereocenters. The second-order valence-electron chi connectivity index (χ2n) is 6.71. The van der Waals surface area contributed by atoms with E-state index in [2.05, 4.69) is 4.72 Å². The van der Waals surface area contributed by atoms with E-state index in [1.165, 1.54) is 17.0 Å². The molecule has 2 fully saturated rings. The molecule has 1 amide bonds. The van der Waals surface area contributed by atoms with Crippen LogP contribution in [0.25, 0.3) is 0 Å². The zero-order valence-corrected chi connectivity index (χ0v) is 14.7. The normalized spacial score (nSPS) is 21.6. The molecule has 2 N–H and O–H groups in total. The lowest BCUT2D eigenvalue weighted by Crippen LogP contribution is -2.33. The van der Waals surface area contributed by atoms with Crippen LogP contribution in [0.1, 0.15) is 42.5 Å². The van der Waals surface area contributed by atoms with Crippen molar-refractivity contribution in [2.75, 3.05) is 13.1 Å². The summed E-state index contributed by atoms with van der Waals surface area (Å²) in [6.45, 7) is 0.526. The van der Waals surface area contributed by atoms with Crippen LogP contribution in [0, 0.1) is 5.92 Å². The summed E-state index contributed by atoms with van der Waals surface area (Å²) in [5, 5.41) is 9.04. The molecule has 0 spiro atoms. The van der Waals surface area contributed by atoms with Gasteiger partial charge in [0, 0.05) is 24.7 Å². The van der Waals surface area contributed by atoms with E-state index in [0.717, 1.165) is 25.7 Å². The van der Waals surface area contributed by atoms with E-state index in [4.69, 9.17) is 5.11 Å². The number of hydrogen-bond acceptors (Lipinski definition) is 4. The number of hydrogen-bond donors (Lipinski definition) is 2. The first-order valence-electron chi connectivity index (χ1n) is 8.51. The number of nitrogens with one attached hydrogen (secondary N) is 1. The quantitative estimate of drug-likeness (QED) is 0.821. The average Bonchev–Trinajstić information content (AvgIpc) is 3.25. The van der Waals surface area contributed by atoms with Crippen LogP contribution >= 0.6 is 0 Å². The number of carboxylic acids is 1. The van der Waals surface area contributed by atoms with Gasteiger partial charge in [-0.2, -0.15) is 0 Å². The van der Waals surface area contributed by atoms with Gasteiger partial charge in [0.15, 0.2) is 0 Å². The molecule has 1 saturated heterocycles. The van der Waals surface area contributed by atoms with Gasteiger partial charge in [-0.3, -0.25) is 9.59 Å². The molecular formula is C17H22N2O5S. The third-order valence-corrected chi connectivity index (χ3v) is 6.41. The molecule has 0 bridgehead atoms. The molecule has 1 aliphatic carbocycles. The number of rotatable bonds is 5. The maximum atomic E-state index is 12.6. The average molecular weight is 366 g/mol. The molecule has 1 aromatic carbocycles. The van der Waals surface area contributed by atoms with Crippen LogP contribution in [-0.4, -0.2) is 49.4 Å². The van der Waals surface area contributed by atoms with Gasteiger partial charge in [-0.15, -0.1) is 0 Å². The number of likely N-dealkylation sites (tertiary alicyclic amines) is 1. The van der Waals surface area contributed by atoms with Gasteiger partial charge in [-0.25, -0.2) is 13.1 Å². The lowest BCUT2D eigenvalue weighted by atomic mass is 10.1. The third kappa shape index (κ3) is 4.01. The smallest absolute Gasteiger partial charge is 0.308 e. The molecule has 3 rings (SSSR count). The maximum absolute atomic E-state index is 12.6. The van der Waals surface area contributed by atoms with Crippen LogP contribution in [0.15, 0.2) is 29.2 Å². The van der Waals surface area contributed by atoms with Crippen molar-refractivity contribution >= 4 is 21.9 Å². The minimum Gasteiger partial charge on any atom is -0.481 e. The van der Waals surface area contributed by atoms with Crippen LogP contribution in [0.3, 0.4) is 0 Å². The van der Waals surface area contributed by atoms with Gasteiger partial charge in [0.1, 0.15) is 0 Å². The number of sulfonamides is 1. The highest BCUT2D eigenvalue weighted by atomic mass is 32.2. The molecule has 136 valence electrons. The molecule has 1 heterocycles. The van der Waals surface area contributed by atoms with E-state index < -0.39 is 21.9 Å². The summed E-state index contributed by atoms with van der Waals surface area (Å²) in [7, 11) is -3.66. The number of carbonyl (C=O) groups is 2. The first-order chi connectivity index (χ1) is 11.9. The Morgan fingerprint density at radius 3 is 2.52 bits per heavy atom. The summed E-state index contributed by atoms with van der Waals surface area (Å²) in [6, 6.07) is 5.90. The summed E-state index contributed by atoms with van der Waals surface area (Å²) < 4.78 is 27.7. The minimum atomic E-state index is -3.66. The fourth-order valence-electron chi connectivity index (χ4n) is 3.46. The number of amides is 1. The van der Waals surface area contributed by atoms with E-state index in [9.17, 15) is 18.0 Å². The molecule has 1 unspecified atom stereocenters. The summed E-state index contributed by atoms with van der Waals surface area (Å²) >= 11 is 0. The number of benzene rings is 1. The Labute approximate surface area is 147 Å². The SMILES string of the molecule is O=C(O)C1CCN(C(=O)c2cccc(S(=O)(=O)NC3CCCC3)c2)C1. The van der Waals surface area contributed by atoms with Gasteiger partial charge in [0.2, 0.25) is 10.0 Å². The van der Waals surface area contributed by atoms with Crippen LogP contribution in [0.2, 0.25) is 0 Å². The standard InChI is InChI=1S/C17H22N2O5S/c20-16(19-9-8-13(11-19)17(21)22)12-4-3-7-15(10-12)25(23,24)18-14-5-1-2-6-14/h3-4,7,10,13-14,18H,1-2,5-6,8-9,11H2,(H,21,22). The topological polar surface area (TPSA) is 104 Å². The zero-order valence-electron chi connectivity index (χ0n) is 13.8. The third-order valence-electron chi connectivity index (χ3n) is 4.89. The van der Waals surface area contributed by atoms with Crippen molar-refractivity contribution < 1.29 is 23.1 Å². The van der Waals surface area contributed by atoms with Crippen molar-refractivity contribution in [2.45, 2.75) is 43.0 Å². The van der Waals surface area contributed by atoms with Gasteiger partial charge in [-0.1, -0.05) is 18.9 Å². The summed E-state index contributed by atoms with van der Waals surface area (Å²) in [5.41, 5.74) is 0.264. The molecule has 8 heteroatoms. The number of carbonyl (C=O) groups excluding carboxylic acids is 1. The summed E-state index contributed by atoms with van der Waals surface area (Å²) in [6.07, 6.45) is 4.13. The van der Waals surface area contributed by atoms with Crippen molar-refractivity contribution in [1.82, 2.24) is 9.62 Å². The van der Waals surface area contributed by atoms with Crippen molar-refractivity contribution in [3.8, 4) is 0 Å². The Hall–Kier alpha value is -1.93. The molecule has 2 aliphatic rings. The van der Waals surface area contributed by atoms with Gasteiger partial charge in [-0.05, 0) is 37.5 Å². The number of carboxylic acid groups (broad SMARTS) is 1. The van der Waals surface area contributed by atoms with E-state index in [1.54, 1.807) is 12.1 Å². The number of nitrogens with zero attached hydrogens (tertiary/aromatic N) is 1. The summed E-state index contributed by atoms with van der Waals surface area (Å²) in [5.74, 6) is -1.80. The highest BCUT2D eigenvalue weighted by Crippen LogP contribution is 2.22. The Morgan fingerprint density at radius 2 is 1.88 bits per heavy atom. The Balaban J connectivity index is 1.74.